The maximum Gasteiger partial charge on any atom is 0.317 e. The normalized spacial score (nSPS) is 13.8. The van der Waals surface area contributed by atoms with E-state index in [1.165, 1.54) is 6.20 Å². The Labute approximate surface area is 327 Å². The van der Waals surface area contributed by atoms with Crippen LogP contribution >= 0.6 is 23.2 Å². The molecule has 0 radical (unpaired) electrons. The fourth-order valence-corrected chi connectivity index (χ4v) is 7.32. The van der Waals surface area contributed by atoms with E-state index >= 15 is 0 Å². The van der Waals surface area contributed by atoms with Gasteiger partial charge in [-0.05, 0) is 52.9 Å². The standard InChI is InChI=1S/C42H37Cl2N7O4/c43-37-14-30(20-48-23-41(53)54)39(55-25-28-13-27(16-45)18-46-19-28)15-31(37)24-51-38-6-2-4-34(36(38)22-49-51)35-5-1-3-33(42(35)44)29-9-7-26(8-10-29)17-47-21-32-11-12-40(52)50-32/h1-10,13-15,18-19,22,32,47-48H,11-12,17,20-21,23-25H2,(H,50,52)(H,53,54)/t32-/m0/s1. The molecule has 13 heteroatoms. The van der Waals surface area contributed by atoms with Gasteiger partial charge in [-0.25, -0.2) is 0 Å². The van der Waals surface area contributed by atoms with Crippen molar-refractivity contribution in [2.45, 2.75) is 45.1 Å². The number of aromatic nitrogens is 3. The smallest absolute Gasteiger partial charge is 0.317 e. The summed E-state index contributed by atoms with van der Waals surface area (Å²) in [6.45, 7) is 1.92. The number of hydrogen-bond donors (Lipinski definition) is 4. The van der Waals surface area contributed by atoms with E-state index in [1.54, 1.807) is 18.3 Å². The third-order valence-electron chi connectivity index (χ3n) is 9.51. The zero-order chi connectivity index (χ0) is 38.3. The lowest BCUT2D eigenvalue weighted by Gasteiger charge is -2.16. The number of pyridine rings is 1. The molecule has 1 aliphatic rings. The van der Waals surface area contributed by atoms with E-state index in [0.717, 1.165) is 57.2 Å². The Bertz CT molecular complexity index is 2410. The molecule has 7 rings (SSSR count). The first-order chi connectivity index (χ1) is 26.7. The summed E-state index contributed by atoms with van der Waals surface area (Å²) in [5.41, 5.74) is 8.35. The van der Waals surface area contributed by atoms with Crippen molar-refractivity contribution in [1.29, 1.82) is 5.26 Å². The number of hydrogen-bond acceptors (Lipinski definition) is 8. The van der Waals surface area contributed by atoms with E-state index in [2.05, 4.69) is 51.3 Å². The van der Waals surface area contributed by atoms with E-state index in [-0.39, 0.29) is 31.6 Å². The highest BCUT2D eigenvalue weighted by atomic mass is 35.5. The number of ether oxygens (including phenoxy) is 1. The summed E-state index contributed by atoms with van der Waals surface area (Å²) in [7, 11) is 0. The lowest BCUT2D eigenvalue weighted by molar-refractivity contribution is -0.136. The molecule has 0 spiro atoms. The number of fused-ring (bicyclic) bond motifs is 1. The molecule has 3 heterocycles. The Morgan fingerprint density at radius 2 is 1.75 bits per heavy atom. The molecule has 55 heavy (non-hydrogen) atoms. The lowest BCUT2D eigenvalue weighted by Crippen LogP contribution is -2.35. The summed E-state index contributed by atoms with van der Waals surface area (Å²) in [5.74, 6) is -0.341. The topological polar surface area (TPSA) is 154 Å². The Hall–Kier alpha value is -5.77. The lowest BCUT2D eigenvalue weighted by atomic mass is 9.96. The van der Waals surface area contributed by atoms with Crippen LogP contribution < -0.4 is 20.7 Å². The second-order valence-electron chi connectivity index (χ2n) is 13.4. The van der Waals surface area contributed by atoms with Crippen LogP contribution in [0.1, 0.15) is 40.7 Å². The molecule has 4 N–H and O–H groups in total. The van der Waals surface area contributed by atoms with Crippen LogP contribution in [0.25, 0.3) is 33.2 Å². The second-order valence-corrected chi connectivity index (χ2v) is 14.2. The largest absolute Gasteiger partial charge is 0.489 e. The van der Waals surface area contributed by atoms with E-state index in [9.17, 15) is 14.9 Å². The van der Waals surface area contributed by atoms with Crippen LogP contribution in [0.4, 0.5) is 0 Å². The van der Waals surface area contributed by atoms with Gasteiger partial charge in [0.15, 0.2) is 0 Å². The fraction of sp³-hybridized carbons (Fsp3) is 0.214. The van der Waals surface area contributed by atoms with Gasteiger partial charge in [0, 0.05) is 77.2 Å². The van der Waals surface area contributed by atoms with Crippen LogP contribution in [-0.4, -0.2) is 50.9 Å². The second kappa shape index (κ2) is 17.1. The molecule has 11 nitrogen and oxygen atoms in total. The number of nitrogens with zero attached hydrogens (tertiary/aromatic N) is 4. The van der Waals surface area contributed by atoms with Gasteiger partial charge < -0.3 is 25.8 Å². The van der Waals surface area contributed by atoms with Gasteiger partial charge in [0.25, 0.3) is 0 Å². The molecule has 0 aliphatic carbocycles. The highest BCUT2D eigenvalue weighted by molar-refractivity contribution is 6.36. The number of nitrogens with one attached hydrogen (secondary N) is 3. The molecule has 278 valence electrons. The van der Waals surface area contributed by atoms with Crippen molar-refractivity contribution in [1.82, 2.24) is 30.7 Å². The van der Waals surface area contributed by atoms with Gasteiger partial charge in [-0.15, -0.1) is 0 Å². The van der Waals surface area contributed by atoms with Crippen molar-refractivity contribution in [2.75, 3.05) is 13.1 Å². The van der Waals surface area contributed by atoms with Crippen molar-refractivity contribution < 1.29 is 19.4 Å². The van der Waals surface area contributed by atoms with Crippen molar-refractivity contribution in [3.63, 3.8) is 0 Å². The fourth-order valence-electron chi connectivity index (χ4n) is 6.74. The van der Waals surface area contributed by atoms with E-state index in [1.807, 2.05) is 53.3 Å². The van der Waals surface area contributed by atoms with Crippen LogP contribution in [0.15, 0.2) is 97.5 Å². The number of carboxylic acid groups (broad SMARTS) is 1. The van der Waals surface area contributed by atoms with Gasteiger partial charge in [-0.1, -0.05) is 77.8 Å². The first-order valence-electron chi connectivity index (χ1n) is 17.8. The van der Waals surface area contributed by atoms with E-state index in [0.29, 0.717) is 52.0 Å². The summed E-state index contributed by atoms with van der Waals surface area (Å²) >= 11 is 14.0. The van der Waals surface area contributed by atoms with Gasteiger partial charge in [-0.2, -0.15) is 10.4 Å². The van der Waals surface area contributed by atoms with Crippen LogP contribution in [0.3, 0.4) is 0 Å². The number of aliphatic carboxylic acids is 1. The SMILES string of the molecule is N#Cc1cncc(COc2cc(Cn3ncc4c(-c5cccc(-c6ccc(CNC[C@@H]7CCC(=O)N7)cc6)c5Cl)cccc43)c(Cl)cc2CNCC(=O)O)c1. The molecule has 1 fully saturated rings. The number of halogens is 2. The monoisotopic (exact) mass is 773 g/mol. The maximum atomic E-state index is 11.5. The molecule has 6 aromatic rings. The summed E-state index contributed by atoms with van der Waals surface area (Å²) < 4.78 is 8.08. The van der Waals surface area contributed by atoms with E-state index < -0.39 is 5.97 Å². The number of nitriles is 1. The minimum absolute atomic E-state index is 0.119. The van der Waals surface area contributed by atoms with Gasteiger partial charge in [0.1, 0.15) is 18.4 Å². The molecule has 0 bridgehead atoms. The minimum Gasteiger partial charge on any atom is -0.489 e. The number of carboxylic acids is 1. The summed E-state index contributed by atoms with van der Waals surface area (Å²) in [5, 5.41) is 34.6. The number of carbonyl (C=O) groups is 2. The third kappa shape index (κ3) is 8.96. The average molecular weight is 775 g/mol. The molecule has 1 atom stereocenters. The predicted octanol–water partition coefficient (Wildman–Crippen LogP) is 7.11. The highest BCUT2D eigenvalue weighted by Gasteiger charge is 2.20. The molecule has 4 aromatic carbocycles. The average Bonchev–Trinajstić information content (AvgIpc) is 3.81. The molecular weight excluding hydrogens is 737 g/mol. The van der Waals surface area contributed by atoms with Crippen LogP contribution in [0.2, 0.25) is 10.0 Å². The van der Waals surface area contributed by atoms with Gasteiger partial charge in [-0.3, -0.25) is 19.3 Å². The third-order valence-corrected chi connectivity index (χ3v) is 10.3. The Morgan fingerprint density at radius 3 is 2.53 bits per heavy atom. The van der Waals surface area contributed by atoms with Crippen molar-refractivity contribution in [2.24, 2.45) is 0 Å². The Morgan fingerprint density at radius 1 is 0.945 bits per heavy atom. The number of carbonyl (C=O) groups excluding carboxylic acids is 1. The van der Waals surface area contributed by atoms with Gasteiger partial charge in [0.05, 0.1) is 35.4 Å². The Balaban J connectivity index is 1.11. The van der Waals surface area contributed by atoms with Crippen LogP contribution in [0.5, 0.6) is 5.75 Å². The van der Waals surface area contributed by atoms with Crippen molar-refractivity contribution in [3.05, 3.63) is 135 Å². The molecule has 0 unspecified atom stereocenters. The summed E-state index contributed by atoms with van der Waals surface area (Å²) in [4.78, 5) is 26.8. The molecule has 0 saturated carbocycles. The van der Waals surface area contributed by atoms with Crippen LogP contribution in [0, 0.1) is 11.3 Å². The molecule has 2 aromatic heterocycles. The van der Waals surface area contributed by atoms with Gasteiger partial charge >= 0.3 is 5.97 Å². The number of amides is 1. The number of benzene rings is 4. The first-order valence-corrected chi connectivity index (χ1v) is 18.5. The zero-order valence-corrected chi connectivity index (χ0v) is 31.2. The Kier molecular flexibility index (Phi) is 11.7. The predicted molar refractivity (Wildman–Crippen MR) is 212 cm³/mol. The molecule has 1 amide bonds. The molecule has 1 aliphatic heterocycles. The van der Waals surface area contributed by atoms with Crippen LogP contribution in [-0.2, 0) is 35.8 Å². The summed E-state index contributed by atoms with van der Waals surface area (Å²) in [6, 6.07) is 28.0. The molecular formula is C42H37Cl2N7O4. The van der Waals surface area contributed by atoms with Gasteiger partial charge in [0.2, 0.25) is 5.91 Å². The summed E-state index contributed by atoms with van der Waals surface area (Å²) in [6.07, 6.45) is 6.40. The minimum atomic E-state index is -0.978. The molecule has 1 saturated heterocycles. The maximum absolute atomic E-state index is 11.5. The highest BCUT2D eigenvalue weighted by Crippen LogP contribution is 2.39. The first kappa shape index (κ1) is 37.5. The van der Waals surface area contributed by atoms with Crippen molar-refractivity contribution >= 4 is 46.0 Å². The quantitative estimate of drug-likeness (QED) is 0.0855. The van der Waals surface area contributed by atoms with Crippen molar-refractivity contribution in [3.8, 4) is 34.1 Å². The van der Waals surface area contributed by atoms with E-state index in [4.69, 9.17) is 38.1 Å². The number of rotatable bonds is 15. The zero-order valence-electron chi connectivity index (χ0n) is 29.7.